The van der Waals surface area contributed by atoms with E-state index in [9.17, 15) is 4.79 Å². The number of rotatable bonds is 12. The number of hydrogen-bond acceptors (Lipinski definition) is 4. The Morgan fingerprint density at radius 3 is 2.59 bits per heavy atom. The van der Waals surface area contributed by atoms with Gasteiger partial charge in [0, 0.05) is 19.2 Å². The van der Waals surface area contributed by atoms with Crippen LogP contribution >= 0.6 is 0 Å². The van der Waals surface area contributed by atoms with E-state index >= 15 is 0 Å². The first kappa shape index (κ1) is 23.5. The molecule has 1 N–H and O–H groups in total. The highest BCUT2D eigenvalue weighted by molar-refractivity contribution is 5.69. The van der Waals surface area contributed by atoms with Crippen LogP contribution in [-0.2, 0) is 24.2 Å². The molecule has 0 aliphatic carbocycles. The van der Waals surface area contributed by atoms with Gasteiger partial charge < -0.3 is 9.84 Å². The van der Waals surface area contributed by atoms with E-state index in [4.69, 9.17) is 9.84 Å². The summed E-state index contributed by atoms with van der Waals surface area (Å²) in [6.45, 7) is 7.98. The zero-order chi connectivity index (χ0) is 22.9. The number of hydrogen-bond donors (Lipinski definition) is 1. The fourth-order valence-electron chi connectivity index (χ4n) is 3.68. The van der Waals surface area contributed by atoms with Crippen molar-refractivity contribution in [3.63, 3.8) is 0 Å². The monoisotopic (exact) mass is 435 g/mol. The van der Waals surface area contributed by atoms with Crippen LogP contribution in [0, 0.1) is 12.8 Å². The fourth-order valence-corrected chi connectivity index (χ4v) is 3.68. The van der Waals surface area contributed by atoms with Gasteiger partial charge in [-0.15, -0.1) is 5.10 Å². The van der Waals surface area contributed by atoms with Crippen LogP contribution in [0.4, 0.5) is 0 Å². The average molecular weight is 436 g/mol. The highest BCUT2D eigenvalue weighted by Gasteiger charge is 2.06. The van der Waals surface area contributed by atoms with Gasteiger partial charge in [-0.05, 0) is 72.9 Å². The molecule has 6 heteroatoms. The maximum absolute atomic E-state index is 10.7. The van der Waals surface area contributed by atoms with E-state index < -0.39 is 5.97 Å². The molecule has 0 saturated carbocycles. The van der Waals surface area contributed by atoms with Crippen molar-refractivity contribution in [2.75, 3.05) is 6.61 Å². The summed E-state index contributed by atoms with van der Waals surface area (Å²) in [4.78, 5) is 10.7. The molecule has 0 spiro atoms. The van der Waals surface area contributed by atoms with Crippen LogP contribution in [0.3, 0.4) is 0 Å². The molecular weight excluding hydrogens is 402 g/mol. The van der Waals surface area contributed by atoms with Gasteiger partial charge in [-0.2, -0.15) is 0 Å². The van der Waals surface area contributed by atoms with Crippen molar-refractivity contribution in [2.45, 2.75) is 59.4 Å². The summed E-state index contributed by atoms with van der Waals surface area (Å²) in [5, 5.41) is 17.2. The van der Waals surface area contributed by atoms with E-state index in [1.807, 2.05) is 29.1 Å². The van der Waals surface area contributed by atoms with Crippen LogP contribution in [0.1, 0.15) is 49.9 Å². The van der Waals surface area contributed by atoms with Crippen LogP contribution in [0.25, 0.3) is 11.1 Å². The lowest BCUT2D eigenvalue weighted by Gasteiger charge is -2.11. The van der Waals surface area contributed by atoms with Gasteiger partial charge in [0.05, 0.1) is 12.3 Å². The second-order valence-corrected chi connectivity index (χ2v) is 8.69. The van der Waals surface area contributed by atoms with Crippen molar-refractivity contribution < 1.29 is 14.6 Å². The molecule has 2 aromatic carbocycles. The number of carbonyl (C=O) groups is 1. The minimum Gasteiger partial charge on any atom is -0.494 e. The third-order valence-corrected chi connectivity index (χ3v) is 5.34. The van der Waals surface area contributed by atoms with Gasteiger partial charge in [-0.1, -0.05) is 49.4 Å². The first-order valence-electron chi connectivity index (χ1n) is 11.3. The second-order valence-electron chi connectivity index (χ2n) is 8.69. The van der Waals surface area contributed by atoms with Gasteiger partial charge in [0.25, 0.3) is 0 Å². The Morgan fingerprint density at radius 2 is 1.91 bits per heavy atom. The number of aryl methyl sites for hydroxylation is 3. The first-order valence-corrected chi connectivity index (χ1v) is 11.3. The summed E-state index contributed by atoms with van der Waals surface area (Å²) in [5.41, 5.74) is 5.53. The number of aliphatic carboxylic acids is 1. The van der Waals surface area contributed by atoms with Crippen LogP contribution < -0.4 is 4.74 Å². The Kier molecular flexibility index (Phi) is 8.42. The molecule has 1 heterocycles. The van der Waals surface area contributed by atoms with Gasteiger partial charge in [0.2, 0.25) is 0 Å². The number of ether oxygens (including phenoxy) is 1. The van der Waals surface area contributed by atoms with E-state index in [-0.39, 0.29) is 6.42 Å². The Bertz CT molecular complexity index is 1010. The maximum atomic E-state index is 10.7. The lowest BCUT2D eigenvalue weighted by Crippen LogP contribution is -2.03. The molecule has 170 valence electrons. The van der Waals surface area contributed by atoms with E-state index in [0.29, 0.717) is 18.9 Å². The van der Waals surface area contributed by atoms with Crippen LogP contribution in [0.2, 0.25) is 0 Å². The molecule has 0 aliphatic heterocycles. The average Bonchev–Trinajstić information content (AvgIpc) is 3.19. The molecule has 6 nitrogen and oxygen atoms in total. The molecule has 0 atom stereocenters. The van der Waals surface area contributed by atoms with Gasteiger partial charge in [-0.3, -0.25) is 9.48 Å². The Labute approximate surface area is 190 Å². The van der Waals surface area contributed by atoms with Crippen LogP contribution in [0.15, 0.2) is 48.7 Å². The summed E-state index contributed by atoms with van der Waals surface area (Å²) in [7, 11) is 0. The predicted octanol–water partition coefficient (Wildman–Crippen LogP) is 5.33. The third kappa shape index (κ3) is 7.22. The molecule has 0 radical (unpaired) electrons. The van der Waals surface area contributed by atoms with Crippen molar-refractivity contribution in [1.29, 1.82) is 0 Å². The molecule has 0 bridgehead atoms. The van der Waals surface area contributed by atoms with Gasteiger partial charge in [-0.25, -0.2) is 0 Å². The number of carboxylic acid groups (broad SMARTS) is 1. The molecule has 0 saturated heterocycles. The standard InChI is InChI=1S/C26H33N3O3/c1-19(2)16-23-18-29(28-27-23)14-4-5-15-32-24-11-12-25(20(3)17-24)22-9-6-21(7-10-22)8-13-26(30)31/h6-7,9-12,17-19H,4-5,8,13-16H2,1-3H3,(H,30,31). The van der Waals surface area contributed by atoms with E-state index in [0.717, 1.165) is 59.5 Å². The highest BCUT2D eigenvalue weighted by Crippen LogP contribution is 2.27. The maximum Gasteiger partial charge on any atom is 0.303 e. The smallest absolute Gasteiger partial charge is 0.303 e. The zero-order valence-electron chi connectivity index (χ0n) is 19.3. The van der Waals surface area contributed by atoms with Gasteiger partial charge in [0.1, 0.15) is 5.75 Å². The van der Waals surface area contributed by atoms with Crippen molar-refractivity contribution >= 4 is 5.97 Å². The Morgan fingerprint density at radius 1 is 1.12 bits per heavy atom. The summed E-state index contributed by atoms with van der Waals surface area (Å²) in [5.74, 6) is 0.700. The fraction of sp³-hybridized carbons (Fsp3) is 0.423. The first-order chi connectivity index (χ1) is 15.4. The minimum absolute atomic E-state index is 0.155. The Hall–Kier alpha value is -3.15. The van der Waals surface area contributed by atoms with E-state index in [1.165, 1.54) is 0 Å². The largest absolute Gasteiger partial charge is 0.494 e. The molecule has 1 aromatic heterocycles. The number of aromatic nitrogens is 3. The van der Waals surface area contributed by atoms with Crippen molar-refractivity contribution in [3.8, 4) is 16.9 Å². The molecule has 0 aliphatic rings. The lowest BCUT2D eigenvalue weighted by molar-refractivity contribution is -0.136. The molecule has 3 aromatic rings. The number of benzene rings is 2. The van der Waals surface area contributed by atoms with Crippen LogP contribution in [0.5, 0.6) is 5.75 Å². The van der Waals surface area contributed by atoms with Crippen molar-refractivity contribution in [2.24, 2.45) is 5.92 Å². The zero-order valence-corrected chi connectivity index (χ0v) is 19.3. The Balaban J connectivity index is 1.45. The SMILES string of the molecule is Cc1cc(OCCCCn2cc(CC(C)C)nn2)ccc1-c1ccc(CCC(=O)O)cc1. The number of nitrogens with zero attached hydrogens (tertiary/aromatic N) is 3. The minimum atomic E-state index is -0.769. The van der Waals surface area contributed by atoms with Crippen molar-refractivity contribution in [1.82, 2.24) is 15.0 Å². The molecule has 0 fully saturated rings. The number of carboxylic acids is 1. The molecule has 3 rings (SSSR count). The number of unbranched alkanes of at least 4 members (excludes halogenated alkanes) is 1. The van der Waals surface area contributed by atoms with Gasteiger partial charge in [0.15, 0.2) is 0 Å². The van der Waals surface area contributed by atoms with Gasteiger partial charge >= 0.3 is 5.97 Å². The summed E-state index contributed by atoms with van der Waals surface area (Å²) in [6.07, 6.45) is 5.67. The third-order valence-electron chi connectivity index (χ3n) is 5.34. The molecular formula is C26H33N3O3. The summed E-state index contributed by atoms with van der Waals surface area (Å²) >= 11 is 0. The predicted molar refractivity (Wildman–Crippen MR) is 126 cm³/mol. The van der Waals surface area contributed by atoms with E-state index in [1.54, 1.807) is 0 Å². The summed E-state index contributed by atoms with van der Waals surface area (Å²) in [6, 6.07) is 14.3. The highest BCUT2D eigenvalue weighted by atomic mass is 16.5. The molecule has 0 unspecified atom stereocenters. The molecule has 0 amide bonds. The quantitative estimate of drug-likeness (QED) is 0.389. The lowest BCUT2D eigenvalue weighted by atomic mass is 9.98. The van der Waals surface area contributed by atoms with Crippen LogP contribution in [-0.4, -0.2) is 32.7 Å². The van der Waals surface area contributed by atoms with Crippen molar-refractivity contribution in [3.05, 3.63) is 65.5 Å². The molecule has 32 heavy (non-hydrogen) atoms. The normalized spacial score (nSPS) is 11.1. The topological polar surface area (TPSA) is 77.2 Å². The summed E-state index contributed by atoms with van der Waals surface area (Å²) < 4.78 is 7.87. The second kappa shape index (κ2) is 11.5. The van der Waals surface area contributed by atoms with E-state index in [2.05, 4.69) is 55.3 Å².